The van der Waals surface area contributed by atoms with E-state index in [0.717, 1.165) is 5.56 Å². The lowest BCUT2D eigenvalue weighted by Gasteiger charge is -2.03. The molecule has 0 bridgehead atoms. The highest BCUT2D eigenvalue weighted by atomic mass is 35.5. The minimum absolute atomic E-state index is 0.412. The molecule has 0 saturated carbocycles. The van der Waals surface area contributed by atoms with Crippen molar-refractivity contribution in [3.05, 3.63) is 22.4 Å². The van der Waals surface area contributed by atoms with E-state index in [2.05, 4.69) is 4.74 Å². The van der Waals surface area contributed by atoms with E-state index in [1.54, 1.807) is 6.07 Å². The van der Waals surface area contributed by atoms with Crippen molar-refractivity contribution >= 4 is 28.9 Å². The Morgan fingerprint density at radius 3 is 3.00 bits per heavy atom. The van der Waals surface area contributed by atoms with E-state index in [-0.39, 0.29) is 0 Å². The highest BCUT2D eigenvalue weighted by molar-refractivity contribution is 7.08. The molecule has 1 heterocycles. The zero-order valence-electron chi connectivity index (χ0n) is 5.91. The summed E-state index contributed by atoms with van der Waals surface area (Å²) in [6.45, 7) is 0. The van der Waals surface area contributed by atoms with Crippen LogP contribution in [0.1, 0.15) is 10.9 Å². The summed E-state index contributed by atoms with van der Waals surface area (Å²) >= 11 is 7.23. The third-order valence-corrected chi connectivity index (χ3v) is 2.38. The van der Waals surface area contributed by atoms with Gasteiger partial charge in [0.25, 0.3) is 0 Å². The van der Waals surface area contributed by atoms with E-state index in [1.807, 2.05) is 10.8 Å². The summed E-state index contributed by atoms with van der Waals surface area (Å²) in [5, 5.41) is 3.04. The first-order valence-corrected chi connectivity index (χ1v) is 4.37. The SMILES string of the molecule is COC(=O)C(Cl)c1ccsc1. The van der Waals surface area contributed by atoms with Crippen molar-refractivity contribution in [3.63, 3.8) is 0 Å². The first kappa shape index (κ1) is 8.56. The number of carbonyl (C=O) groups excluding carboxylic acids is 1. The van der Waals surface area contributed by atoms with Gasteiger partial charge >= 0.3 is 5.97 Å². The molecule has 0 radical (unpaired) electrons. The van der Waals surface area contributed by atoms with Crippen molar-refractivity contribution in [2.45, 2.75) is 5.38 Å². The Balaban J connectivity index is 2.70. The highest BCUT2D eigenvalue weighted by Crippen LogP contribution is 2.23. The fraction of sp³-hybridized carbons (Fsp3) is 0.286. The summed E-state index contributed by atoms with van der Waals surface area (Å²) in [6.07, 6.45) is 0. The van der Waals surface area contributed by atoms with Gasteiger partial charge in [0.1, 0.15) is 0 Å². The molecule has 1 aromatic heterocycles. The van der Waals surface area contributed by atoms with Gasteiger partial charge in [0.05, 0.1) is 7.11 Å². The van der Waals surface area contributed by atoms with Crippen LogP contribution in [-0.4, -0.2) is 13.1 Å². The van der Waals surface area contributed by atoms with Crippen molar-refractivity contribution in [2.24, 2.45) is 0 Å². The molecule has 0 aromatic carbocycles. The average Bonchev–Trinajstić information content (AvgIpc) is 2.53. The number of thiophene rings is 1. The number of ether oxygens (including phenoxy) is 1. The van der Waals surface area contributed by atoms with Gasteiger partial charge in [-0.15, -0.1) is 11.6 Å². The van der Waals surface area contributed by atoms with E-state index in [1.165, 1.54) is 18.4 Å². The molecule has 1 unspecified atom stereocenters. The molecular formula is C7H7ClO2S. The van der Waals surface area contributed by atoms with Gasteiger partial charge in [-0.1, -0.05) is 0 Å². The Kier molecular flexibility index (Phi) is 2.91. The summed E-state index contributed by atoms with van der Waals surface area (Å²) in [4.78, 5) is 10.9. The smallest absolute Gasteiger partial charge is 0.328 e. The molecule has 4 heteroatoms. The number of carbonyl (C=O) groups is 1. The quantitative estimate of drug-likeness (QED) is 0.528. The fourth-order valence-electron chi connectivity index (χ4n) is 0.659. The van der Waals surface area contributed by atoms with Crippen LogP contribution in [0.25, 0.3) is 0 Å². The first-order chi connectivity index (χ1) is 5.25. The molecule has 0 amide bonds. The van der Waals surface area contributed by atoms with Crippen LogP contribution in [0.15, 0.2) is 16.8 Å². The summed E-state index contributed by atoms with van der Waals surface area (Å²) < 4.78 is 4.47. The van der Waals surface area contributed by atoms with Crippen LogP contribution in [-0.2, 0) is 9.53 Å². The van der Waals surface area contributed by atoms with E-state index >= 15 is 0 Å². The molecule has 1 aromatic rings. The minimum Gasteiger partial charge on any atom is -0.468 e. The molecule has 0 fully saturated rings. The molecule has 2 nitrogen and oxygen atoms in total. The predicted molar refractivity (Wildman–Crippen MR) is 44.9 cm³/mol. The number of alkyl halides is 1. The van der Waals surface area contributed by atoms with Crippen molar-refractivity contribution in [1.82, 2.24) is 0 Å². The van der Waals surface area contributed by atoms with Gasteiger partial charge in [0.15, 0.2) is 5.38 Å². The maximum atomic E-state index is 10.9. The van der Waals surface area contributed by atoms with Crippen molar-refractivity contribution < 1.29 is 9.53 Å². The van der Waals surface area contributed by atoms with Crippen LogP contribution in [0, 0.1) is 0 Å². The van der Waals surface area contributed by atoms with Crippen molar-refractivity contribution in [3.8, 4) is 0 Å². The maximum absolute atomic E-state index is 10.9. The molecule has 0 aliphatic heterocycles. The second-order valence-corrected chi connectivity index (χ2v) is 3.16. The lowest BCUT2D eigenvalue weighted by molar-refractivity contribution is -0.140. The average molecular weight is 191 g/mol. The number of hydrogen-bond acceptors (Lipinski definition) is 3. The molecule has 0 N–H and O–H groups in total. The molecule has 1 rings (SSSR count). The Morgan fingerprint density at radius 2 is 2.55 bits per heavy atom. The monoisotopic (exact) mass is 190 g/mol. The fourth-order valence-corrected chi connectivity index (χ4v) is 1.64. The topological polar surface area (TPSA) is 26.3 Å². The molecule has 60 valence electrons. The standard InChI is InChI=1S/C7H7ClO2S/c1-10-7(9)6(8)5-2-3-11-4-5/h2-4,6H,1H3. The van der Waals surface area contributed by atoms with Crippen LogP contribution in [0.2, 0.25) is 0 Å². The van der Waals surface area contributed by atoms with Crippen molar-refractivity contribution in [2.75, 3.05) is 7.11 Å². The molecule has 11 heavy (non-hydrogen) atoms. The molecule has 0 aliphatic rings. The van der Waals surface area contributed by atoms with Crippen LogP contribution in [0.4, 0.5) is 0 Å². The number of rotatable bonds is 2. The van der Waals surface area contributed by atoms with Crippen LogP contribution in [0.5, 0.6) is 0 Å². The minimum atomic E-state index is -0.661. The zero-order valence-corrected chi connectivity index (χ0v) is 7.48. The van der Waals surface area contributed by atoms with Gasteiger partial charge in [-0.25, -0.2) is 0 Å². The molecule has 0 saturated heterocycles. The van der Waals surface area contributed by atoms with Gasteiger partial charge < -0.3 is 4.74 Å². The van der Waals surface area contributed by atoms with Gasteiger partial charge in [-0.05, 0) is 22.4 Å². The second-order valence-electron chi connectivity index (χ2n) is 1.94. The predicted octanol–water partition coefficient (Wildman–Crippen LogP) is 2.20. The third-order valence-electron chi connectivity index (χ3n) is 1.24. The Labute approximate surface area is 73.7 Å². The number of hydrogen-bond donors (Lipinski definition) is 0. The zero-order chi connectivity index (χ0) is 8.27. The lowest BCUT2D eigenvalue weighted by atomic mass is 10.2. The molecular weight excluding hydrogens is 184 g/mol. The largest absolute Gasteiger partial charge is 0.468 e. The Hall–Kier alpha value is -0.540. The summed E-state index contributed by atoms with van der Waals surface area (Å²) in [5.74, 6) is -0.412. The summed E-state index contributed by atoms with van der Waals surface area (Å²) in [5.41, 5.74) is 0.795. The third kappa shape index (κ3) is 1.94. The molecule has 0 aliphatic carbocycles. The Morgan fingerprint density at radius 1 is 1.82 bits per heavy atom. The van der Waals surface area contributed by atoms with Crippen molar-refractivity contribution in [1.29, 1.82) is 0 Å². The number of halogens is 1. The second kappa shape index (κ2) is 3.74. The van der Waals surface area contributed by atoms with E-state index in [9.17, 15) is 4.79 Å². The van der Waals surface area contributed by atoms with Gasteiger partial charge in [-0.2, -0.15) is 11.3 Å². The van der Waals surface area contributed by atoms with Crippen LogP contribution < -0.4 is 0 Å². The number of esters is 1. The van der Waals surface area contributed by atoms with Gasteiger partial charge in [0, 0.05) is 0 Å². The van der Waals surface area contributed by atoms with Crippen LogP contribution in [0.3, 0.4) is 0 Å². The summed E-state index contributed by atoms with van der Waals surface area (Å²) in [7, 11) is 1.32. The summed E-state index contributed by atoms with van der Waals surface area (Å²) in [6, 6.07) is 1.80. The molecule has 1 atom stereocenters. The first-order valence-electron chi connectivity index (χ1n) is 2.99. The van der Waals surface area contributed by atoms with Gasteiger partial charge in [-0.3, -0.25) is 4.79 Å². The van der Waals surface area contributed by atoms with E-state index < -0.39 is 11.3 Å². The normalized spacial score (nSPS) is 12.5. The van der Waals surface area contributed by atoms with Crippen LogP contribution >= 0.6 is 22.9 Å². The van der Waals surface area contributed by atoms with E-state index in [4.69, 9.17) is 11.6 Å². The maximum Gasteiger partial charge on any atom is 0.328 e. The number of methoxy groups -OCH3 is 1. The van der Waals surface area contributed by atoms with Gasteiger partial charge in [0.2, 0.25) is 0 Å². The van der Waals surface area contributed by atoms with E-state index in [0.29, 0.717) is 0 Å². The lowest BCUT2D eigenvalue weighted by Crippen LogP contribution is -2.07. The Bertz CT molecular complexity index is 233. The highest BCUT2D eigenvalue weighted by Gasteiger charge is 2.17. The molecule has 0 spiro atoms.